The molecule has 0 radical (unpaired) electrons. The molecule has 0 aliphatic heterocycles. The molecule has 152 valence electrons. The Morgan fingerprint density at radius 3 is 2.13 bits per heavy atom. The molecule has 0 amide bonds. The smallest absolute Gasteiger partial charge is 0.117 e. The summed E-state index contributed by atoms with van der Waals surface area (Å²) in [7, 11) is 0. The maximum Gasteiger partial charge on any atom is 0.117 e. The normalized spacial score (nSPS) is 11.4. The van der Waals surface area contributed by atoms with Gasteiger partial charge in [0.1, 0.15) is 5.71 Å². The molecular formula is C27H27BrN2. The lowest BCUT2D eigenvalue weighted by molar-refractivity contribution is 0.788. The molecular weight excluding hydrogens is 432 g/mol. The zero-order valence-corrected chi connectivity index (χ0v) is 19.5. The SMILES string of the molecule is CC(C)N=C(C#Cc1ccccc1Br)c1ccccc1N(c1ccccc1)C(C)C. The van der Waals surface area contributed by atoms with Crippen molar-refractivity contribution in [3.63, 3.8) is 0 Å². The van der Waals surface area contributed by atoms with Gasteiger partial charge in [0.25, 0.3) is 0 Å². The van der Waals surface area contributed by atoms with E-state index in [0.717, 1.165) is 32.7 Å². The van der Waals surface area contributed by atoms with Crippen LogP contribution >= 0.6 is 15.9 Å². The van der Waals surface area contributed by atoms with Crippen molar-refractivity contribution in [1.29, 1.82) is 0 Å². The summed E-state index contributed by atoms with van der Waals surface area (Å²) in [6, 6.07) is 27.3. The number of halogens is 1. The van der Waals surface area contributed by atoms with E-state index in [-0.39, 0.29) is 12.1 Å². The summed E-state index contributed by atoms with van der Waals surface area (Å²) in [6.07, 6.45) is 0. The monoisotopic (exact) mass is 458 g/mol. The van der Waals surface area contributed by atoms with Crippen molar-refractivity contribution in [1.82, 2.24) is 0 Å². The minimum Gasteiger partial charge on any atom is -0.338 e. The second kappa shape index (κ2) is 10.3. The molecule has 0 N–H and O–H groups in total. The van der Waals surface area contributed by atoms with Crippen LogP contribution in [0.4, 0.5) is 11.4 Å². The fourth-order valence-electron chi connectivity index (χ4n) is 3.30. The van der Waals surface area contributed by atoms with E-state index in [1.54, 1.807) is 0 Å². The van der Waals surface area contributed by atoms with Gasteiger partial charge in [0.15, 0.2) is 0 Å². The van der Waals surface area contributed by atoms with Crippen molar-refractivity contribution in [2.75, 3.05) is 4.90 Å². The Hall–Kier alpha value is -2.83. The number of rotatable bonds is 5. The van der Waals surface area contributed by atoms with Gasteiger partial charge in [0.05, 0.1) is 5.69 Å². The third kappa shape index (κ3) is 5.40. The van der Waals surface area contributed by atoms with Crippen molar-refractivity contribution >= 4 is 33.0 Å². The third-order valence-electron chi connectivity index (χ3n) is 4.55. The van der Waals surface area contributed by atoms with Gasteiger partial charge >= 0.3 is 0 Å². The van der Waals surface area contributed by atoms with Crippen LogP contribution in [-0.2, 0) is 0 Å². The Kier molecular flexibility index (Phi) is 7.49. The average molecular weight is 459 g/mol. The molecule has 0 atom stereocenters. The van der Waals surface area contributed by atoms with Gasteiger partial charge in [0, 0.05) is 33.4 Å². The van der Waals surface area contributed by atoms with E-state index in [0.29, 0.717) is 0 Å². The summed E-state index contributed by atoms with van der Waals surface area (Å²) >= 11 is 3.59. The first-order valence-electron chi connectivity index (χ1n) is 10.3. The molecule has 0 unspecified atom stereocenters. The lowest BCUT2D eigenvalue weighted by atomic mass is 10.0. The Labute approximate surface area is 188 Å². The standard InChI is InChI=1S/C27H27BrN2/c1-20(2)29-26(19-18-22-12-8-10-16-25(22)28)24-15-9-11-17-27(24)30(21(3)4)23-13-6-5-7-14-23/h5-17,20-21H,1-4H3. The van der Waals surface area contributed by atoms with Crippen LogP contribution in [0, 0.1) is 11.8 Å². The lowest BCUT2D eigenvalue weighted by Gasteiger charge is -2.31. The van der Waals surface area contributed by atoms with E-state index in [2.05, 4.69) is 109 Å². The number of para-hydroxylation sites is 2. The molecule has 0 heterocycles. The number of anilines is 2. The minimum absolute atomic E-state index is 0.144. The molecule has 3 heteroatoms. The number of benzene rings is 3. The molecule has 0 fully saturated rings. The summed E-state index contributed by atoms with van der Waals surface area (Å²) in [5.41, 5.74) is 5.07. The molecule has 0 aliphatic rings. The van der Waals surface area contributed by atoms with Crippen LogP contribution in [0.3, 0.4) is 0 Å². The van der Waals surface area contributed by atoms with Crippen LogP contribution in [-0.4, -0.2) is 17.8 Å². The Morgan fingerprint density at radius 1 is 0.833 bits per heavy atom. The van der Waals surface area contributed by atoms with E-state index in [9.17, 15) is 0 Å². The predicted molar refractivity (Wildman–Crippen MR) is 133 cm³/mol. The van der Waals surface area contributed by atoms with Crippen LogP contribution < -0.4 is 4.90 Å². The van der Waals surface area contributed by atoms with Crippen LogP contribution in [0.5, 0.6) is 0 Å². The van der Waals surface area contributed by atoms with Gasteiger partial charge in [-0.2, -0.15) is 0 Å². The number of hydrogen-bond donors (Lipinski definition) is 0. The highest BCUT2D eigenvalue weighted by atomic mass is 79.9. The minimum atomic E-state index is 0.144. The highest BCUT2D eigenvalue weighted by Gasteiger charge is 2.18. The molecule has 0 aliphatic carbocycles. The van der Waals surface area contributed by atoms with Crippen LogP contribution in [0.2, 0.25) is 0 Å². The zero-order valence-electron chi connectivity index (χ0n) is 17.9. The van der Waals surface area contributed by atoms with Gasteiger partial charge in [-0.05, 0) is 79.9 Å². The van der Waals surface area contributed by atoms with E-state index in [4.69, 9.17) is 4.99 Å². The average Bonchev–Trinajstić information content (AvgIpc) is 2.73. The molecule has 0 saturated heterocycles. The Morgan fingerprint density at radius 2 is 1.47 bits per heavy atom. The first-order chi connectivity index (χ1) is 14.5. The second-order valence-corrected chi connectivity index (χ2v) is 8.47. The van der Waals surface area contributed by atoms with Gasteiger partial charge in [-0.1, -0.05) is 54.5 Å². The molecule has 0 spiro atoms. The molecule has 3 rings (SSSR count). The molecule has 0 saturated carbocycles. The second-order valence-electron chi connectivity index (χ2n) is 7.62. The number of nitrogens with zero attached hydrogens (tertiary/aromatic N) is 2. The van der Waals surface area contributed by atoms with Gasteiger partial charge in [-0.15, -0.1) is 0 Å². The van der Waals surface area contributed by atoms with E-state index in [1.807, 2.05) is 30.3 Å². The molecule has 0 aromatic heterocycles. The highest BCUT2D eigenvalue weighted by molar-refractivity contribution is 9.10. The molecule has 0 bridgehead atoms. The quantitative estimate of drug-likeness (QED) is 0.290. The summed E-state index contributed by atoms with van der Waals surface area (Å²) in [6.45, 7) is 8.58. The van der Waals surface area contributed by atoms with Crippen molar-refractivity contribution in [3.8, 4) is 11.8 Å². The highest BCUT2D eigenvalue weighted by Crippen LogP contribution is 2.31. The first-order valence-corrected chi connectivity index (χ1v) is 11.0. The molecule has 30 heavy (non-hydrogen) atoms. The first kappa shape index (κ1) is 21.9. The third-order valence-corrected chi connectivity index (χ3v) is 5.24. The van der Waals surface area contributed by atoms with Gasteiger partial charge in [-0.3, -0.25) is 4.99 Å². The summed E-state index contributed by atoms with van der Waals surface area (Å²) < 4.78 is 0.989. The van der Waals surface area contributed by atoms with Gasteiger partial charge < -0.3 is 4.90 Å². The van der Waals surface area contributed by atoms with Gasteiger partial charge in [-0.25, -0.2) is 0 Å². The fourth-order valence-corrected chi connectivity index (χ4v) is 3.69. The number of aliphatic imine (C=N–C) groups is 1. The predicted octanol–water partition coefficient (Wildman–Crippen LogP) is 7.24. The molecule has 2 nitrogen and oxygen atoms in total. The molecule has 3 aromatic rings. The summed E-state index contributed by atoms with van der Waals surface area (Å²) in [4.78, 5) is 7.23. The Balaban J connectivity index is 2.14. The lowest BCUT2D eigenvalue weighted by Crippen LogP contribution is -2.27. The fraction of sp³-hybridized carbons (Fsp3) is 0.222. The zero-order chi connectivity index (χ0) is 21.5. The van der Waals surface area contributed by atoms with Gasteiger partial charge in [0.2, 0.25) is 0 Å². The van der Waals surface area contributed by atoms with Crippen molar-refractivity contribution < 1.29 is 0 Å². The largest absolute Gasteiger partial charge is 0.338 e. The summed E-state index contributed by atoms with van der Waals surface area (Å²) in [5, 5.41) is 0. The van der Waals surface area contributed by atoms with Crippen LogP contribution in [0.15, 0.2) is 88.3 Å². The Bertz CT molecular complexity index is 1070. The van der Waals surface area contributed by atoms with E-state index < -0.39 is 0 Å². The summed E-state index contributed by atoms with van der Waals surface area (Å²) in [5.74, 6) is 6.66. The van der Waals surface area contributed by atoms with E-state index >= 15 is 0 Å². The van der Waals surface area contributed by atoms with Crippen LogP contribution in [0.1, 0.15) is 38.8 Å². The topological polar surface area (TPSA) is 15.6 Å². The van der Waals surface area contributed by atoms with Crippen LogP contribution in [0.25, 0.3) is 0 Å². The van der Waals surface area contributed by atoms with Crippen molar-refractivity contribution in [2.45, 2.75) is 39.8 Å². The maximum atomic E-state index is 4.89. The molecule has 3 aromatic carbocycles. The van der Waals surface area contributed by atoms with E-state index in [1.165, 1.54) is 0 Å². The van der Waals surface area contributed by atoms with Crippen molar-refractivity contribution in [2.24, 2.45) is 4.99 Å². The van der Waals surface area contributed by atoms with Crippen molar-refractivity contribution in [3.05, 3.63) is 94.5 Å². The maximum absolute atomic E-state index is 4.89. The number of hydrogen-bond acceptors (Lipinski definition) is 2.